The van der Waals surface area contributed by atoms with Crippen molar-refractivity contribution < 1.29 is 27.3 Å². The fourth-order valence-corrected chi connectivity index (χ4v) is 4.09. The molecular formula is C25H17ClF3N5O3. The minimum atomic E-state index is -4.72. The molecule has 0 aliphatic carbocycles. The summed E-state index contributed by atoms with van der Waals surface area (Å²) in [6.07, 6.45) is -2.02. The van der Waals surface area contributed by atoms with Crippen molar-refractivity contribution in [1.82, 2.24) is 24.8 Å². The summed E-state index contributed by atoms with van der Waals surface area (Å²) < 4.78 is 48.8. The van der Waals surface area contributed by atoms with Gasteiger partial charge in [0, 0.05) is 28.6 Å². The molecule has 0 spiro atoms. The highest BCUT2D eigenvalue weighted by Crippen LogP contribution is 2.39. The molecule has 188 valence electrons. The zero-order valence-electron chi connectivity index (χ0n) is 19.2. The number of ketones is 1. The van der Waals surface area contributed by atoms with E-state index in [2.05, 4.69) is 20.1 Å². The molecule has 3 aromatic heterocycles. The standard InChI is InChI=1S/C25H17ClF3N5O3/c1-2-36-34-20-8-5-15(21(35)23-32-24(37-33-23)19-9-10-30-13-31-19)12-17(20)18(22(34)25(27,28)29)11-14-3-6-16(26)7-4-14/h3-10,12-13H,2,11H2,1H3. The molecule has 0 radical (unpaired) electrons. The zero-order chi connectivity index (χ0) is 26.2. The van der Waals surface area contributed by atoms with E-state index in [1.807, 2.05) is 0 Å². The molecule has 37 heavy (non-hydrogen) atoms. The highest BCUT2D eigenvalue weighted by molar-refractivity contribution is 6.30. The van der Waals surface area contributed by atoms with Crippen molar-refractivity contribution in [3.05, 3.63) is 94.3 Å². The number of fused-ring (bicyclic) bond motifs is 1. The molecular weight excluding hydrogens is 511 g/mol. The number of hydrogen-bond donors (Lipinski definition) is 0. The summed E-state index contributed by atoms with van der Waals surface area (Å²) in [5.74, 6) is -0.870. The van der Waals surface area contributed by atoms with Crippen LogP contribution in [0.1, 0.15) is 39.9 Å². The number of nitrogens with zero attached hydrogens (tertiary/aromatic N) is 5. The number of aromatic nitrogens is 5. The Kier molecular flexibility index (Phi) is 6.38. The first-order valence-corrected chi connectivity index (χ1v) is 11.4. The molecule has 0 unspecified atom stereocenters. The molecule has 0 bridgehead atoms. The summed E-state index contributed by atoms with van der Waals surface area (Å²) in [5, 5.41) is 4.39. The van der Waals surface area contributed by atoms with E-state index in [-0.39, 0.29) is 46.8 Å². The predicted octanol–water partition coefficient (Wildman–Crippen LogP) is 5.42. The smallest absolute Gasteiger partial charge is 0.414 e. The van der Waals surface area contributed by atoms with E-state index < -0.39 is 17.7 Å². The molecule has 0 saturated carbocycles. The van der Waals surface area contributed by atoms with Gasteiger partial charge in [-0.2, -0.15) is 22.9 Å². The average molecular weight is 528 g/mol. The lowest BCUT2D eigenvalue weighted by Gasteiger charge is -2.14. The maximum absolute atomic E-state index is 14.3. The van der Waals surface area contributed by atoms with Crippen LogP contribution >= 0.6 is 11.6 Å². The van der Waals surface area contributed by atoms with Crippen LogP contribution in [0.5, 0.6) is 0 Å². The second-order valence-corrected chi connectivity index (χ2v) is 8.36. The average Bonchev–Trinajstić information content (AvgIpc) is 3.49. The van der Waals surface area contributed by atoms with Crippen molar-refractivity contribution in [3.63, 3.8) is 0 Å². The van der Waals surface area contributed by atoms with Gasteiger partial charge < -0.3 is 9.36 Å². The molecule has 2 aromatic carbocycles. The summed E-state index contributed by atoms with van der Waals surface area (Å²) in [7, 11) is 0. The van der Waals surface area contributed by atoms with E-state index in [9.17, 15) is 18.0 Å². The number of halogens is 4. The van der Waals surface area contributed by atoms with Gasteiger partial charge in [-0.1, -0.05) is 28.9 Å². The van der Waals surface area contributed by atoms with Gasteiger partial charge in [0.25, 0.3) is 5.89 Å². The van der Waals surface area contributed by atoms with Crippen LogP contribution in [0, 0.1) is 0 Å². The van der Waals surface area contributed by atoms with E-state index >= 15 is 0 Å². The van der Waals surface area contributed by atoms with Gasteiger partial charge in [0.2, 0.25) is 11.6 Å². The first-order chi connectivity index (χ1) is 17.8. The van der Waals surface area contributed by atoms with Crippen LogP contribution < -0.4 is 4.84 Å². The molecule has 12 heteroatoms. The maximum Gasteiger partial charge on any atom is 0.435 e. The van der Waals surface area contributed by atoms with Crippen molar-refractivity contribution >= 4 is 28.3 Å². The molecule has 0 amide bonds. The molecule has 5 aromatic rings. The Bertz CT molecular complexity index is 1580. The van der Waals surface area contributed by atoms with Crippen LogP contribution in [0.25, 0.3) is 22.5 Å². The van der Waals surface area contributed by atoms with Gasteiger partial charge >= 0.3 is 6.18 Å². The molecule has 0 aliphatic rings. The van der Waals surface area contributed by atoms with Crippen LogP contribution in [0.2, 0.25) is 5.02 Å². The van der Waals surface area contributed by atoms with Crippen molar-refractivity contribution in [2.75, 3.05) is 6.61 Å². The quantitative estimate of drug-likeness (QED) is 0.261. The van der Waals surface area contributed by atoms with E-state index in [4.69, 9.17) is 21.0 Å². The van der Waals surface area contributed by atoms with Crippen LogP contribution in [0.4, 0.5) is 13.2 Å². The summed E-state index contributed by atoms with van der Waals surface area (Å²) in [6, 6.07) is 12.2. The lowest BCUT2D eigenvalue weighted by atomic mass is 9.99. The third-order valence-electron chi connectivity index (χ3n) is 5.54. The number of alkyl halides is 3. The second-order valence-electron chi connectivity index (χ2n) is 7.92. The van der Waals surface area contributed by atoms with Crippen molar-refractivity contribution in [2.24, 2.45) is 0 Å². The first-order valence-electron chi connectivity index (χ1n) is 11.0. The number of rotatable bonds is 7. The Morgan fingerprint density at radius 3 is 2.59 bits per heavy atom. The molecule has 0 atom stereocenters. The lowest BCUT2D eigenvalue weighted by Crippen LogP contribution is -2.21. The lowest BCUT2D eigenvalue weighted by molar-refractivity contribution is -0.151. The highest BCUT2D eigenvalue weighted by Gasteiger charge is 2.40. The normalized spacial score (nSPS) is 11.7. The fraction of sp³-hybridized carbons (Fsp3) is 0.160. The highest BCUT2D eigenvalue weighted by atomic mass is 35.5. The summed E-state index contributed by atoms with van der Waals surface area (Å²) in [5.41, 5.74) is 0.199. The topological polar surface area (TPSA) is 95.9 Å². The van der Waals surface area contributed by atoms with Crippen LogP contribution in [-0.4, -0.2) is 37.2 Å². The number of carbonyl (C=O) groups is 1. The van der Waals surface area contributed by atoms with Gasteiger partial charge in [-0.25, -0.2) is 9.97 Å². The predicted molar refractivity (Wildman–Crippen MR) is 127 cm³/mol. The Labute approximate surface area is 212 Å². The molecule has 8 nitrogen and oxygen atoms in total. The number of carbonyl (C=O) groups excluding carboxylic acids is 1. The molecule has 0 fully saturated rings. The molecule has 0 aliphatic heterocycles. The van der Waals surface area contributed by atoms with E-state index in [1.165, 1.54) is 36.8 Å². The van der Waals surface area contributed by atoms with Gasteiger partial charge in [-0.15, -0.1) is 0 Å². The Morgan fingerprint density at radius 1 is 1.14 bits per heavy atom. The van der Waals surface area contributed by atoms with E-state index in [0.717, 1.165) is 4.73 Å². The van der Waals surface area contributed by atoms with Crippen molar-refractivity contribution in [3.8, 4) is 11.6 Å². The minimum absolute atomic E-state index is 0.00258. The third kappa shape index (κ3) is 4.77. The summed E-state index contributed by atoms with van der Waals surface area (Å²) >= 11 is 5.95. The SMILES string of the molecule is CCOn1c(C(F)(F)F)c(Cc2ccc(Cl)cc2)c2cc(C(=O)c3noc(-c4ccncn4)n3)ccc21. The van der Waals surface area contributed by atoms with Gasteiger partial charge in [0.05, 0.1) is 5.52 Å². The fourth-order valence-electron chi connectivity index (χ4n) is 3.97. The Morgan fingerprint density at radius 2 is 1.92 bits per heavy atom. The molecule has 0 saturated heterocycles. The minimum Gasteiger partial charge on any atom is -0.414 e. The maximum atomic E-state index is 14.3. The largest absolute Gasteiger partial charge is 0.435 e. The first kappa shape index (κ1) is 24.4. The molecule has 0 N–H and O–H groups in total. The Balaban J connectivity index is 1.62. The molecule has 5 rings (SSSR count). The third-order valence-corrected chi connectivity index (χ3v) is 5.79. The number of benzene rings is 2. The number of hydrogen-bond acceptors (Lipinski definition) is 7. The van der Waals surface area contributed by atoms with Gasteiger partial charge in [0.1, 0.15) is 18.6 Å². The van der Waals surface area contributed by atoms with Gasteiger partial charge in [0.15, 0.2) is 5.69 Å². The van der Waals surface area contributed by atoms with Crippen LogP contribution in [0.3, 0.4) is 0 Å². The van der Waals surface area contributed by atoms with E-state index in [1.54, 1.807) is 31.2 Å². The zero-order valence-corrected chi connectivity index (χ0v) is 19.9. The summed E-state index contributed by atoms with van der Waals surface area (Å²) in [6.45, 7) is 1.59. The molecule has 3 heterocycles. The van der Waals surface area contributed by atoms with Crippen molar-refractivity contribution in [1.29, 1.82) is 0 Å². The van der Waals surface area contributed by atoms with Gasteiger partial charge in [-0.3, -0.25) is 4.79 Å². The Hall–Kier alpha value is -4.25. The van der Waals surface area contributed by atoms with Crippen LogP contribution in [0.15, 0.2) is 65.6 Å². The second kappa shape index (κ2) is 9.66. The van der Waals surface area contributed by atoms with E-state index in [0.29, 0.717) is 16.3 Å². The summed E-state index contributed by atoms with van der Waals surface area (Å²) in [4.78, 5) is 30.4. The monoisotopic (exact) mass is 527 g/mol. The van der Waals surface area contributed by atoms with Gasteiger partial charge in [-0.05, 0) is 54.4 Å². The van der Waals surface area contributed by atoms with Crippen molar-refractivity contribution in [2.45, 2.75) is 19.5 Å². The van der Waals surface area contributed by atoms with Crippen LogP contribution in [-0.2, 0) is 12.6 Å².